The molecule has 6 heteroatoms. The molecular formula is C11H13FN2O3. The number of aliphatic hydroxyl groups is 1. The molecule has 0 unspecified atom stereocenters. The van der Waals surface area contributed by atoms with Crippen LogP contribution in [0, 0.1) is 15.9 Å². The van der Waals surface area contributed by atoms with Gasteiger partial charge in [-0.15, -0.1) is 0 Å². The minimum atomic E-state index is -0.630. The normalized spacial score (nSPS) is 20.4. The van der Waals surface area contributed by atoms with Crippen LogP contribution in [0.4, 0.5) is 15.8 Å². The number of hydrogen-bond donors (Lipinski definition) is 1. The predicted molar refractivity (Wildman–Crippen MR) is 60.5 cm³/mol. The minimum absolute atomic E-state index is 0.264. The maximum Gasteiger partial charge on any atom is 0.274 e. The highest BCUT2D eigenvalue weighted by molar-refractivity contribution is 5.54. The first kappa shape index (κ1) is 11.8. The smallest absolute Gasteiger partial charge is 0.274 e. The number of benzene rings is 1. The average molecular weight is 240 g/mol. The highest BCUT2D eigenvalue weighted by Crippen LogP contribution is 2.25. The van der Waals surface area contributed by atoms with Crippen LogP contribution in [0.25, 0.3) is 0 Å². The van der Waals surface area contributed by atoms with Gasteiger partial charge in [-0.3, -0.25) is 10.1 Å². The van der Waals surface area contributed by atoms with E-state index in [0.717, 1.165) is 12.5 Å². The van der Waals surface area contributed by atoms with Gasteiger partial charge in [-0.05, 0) is 18.9 Å². The quantitative estimate of drug-likeness (QED) is 0.631. The van der Waals surface area contributed by atoms with Crippen LogP contribution in [0.2, 0.25) is 0 Å². The second kappa shape index (κ2) is 4.67. The summed E-state index contributed by atoms with van der Waals surface area (Å²) in [5, 5.41) is 20.1. The second-order valence-electron chi connectivity index (χ2n) is 4.17. The standard InChI is InChI=1S/C11H13FN2O3/c12-8-4-9(6-10(5-8)14(16)17)13-3-1-2-11(15)7-13/h4-6,11,15H,1-3,7H2/t11-/m0/s1. The van der Waals surface area contributed by atoms with Crippen LogP contribution in [-0.2, 0) is 0 Å². The van der Waals surface area contributed by atoms with E-state index in [1.807, 2.05) is 0 Å². The van der Waals surface area contributed by atoms with Gasteiger partial charge in [0.25, 0.3) is 5.69 Å². The summed E-state index contributed by atoms with van der Waals surface area (Å²) in [7, 11) is 0. The van der Waals surface area contributed by atoms with Crippen LogP contribution in [0.15, 0.2) is 18.2 Å². The SMILES string of the molecule is O=[N+]([O-])c1cc(F)cc(N2CCC[C@H](O)C2)c1. The van der Waals surface area contributed by atoms with Gasteiger partial charge < -0.3 is 10.0 Å². The Kier molecular flexibility index (Phi) is 3.23. The number of nitrogens with zero attached hydrogens (tertiary/aromatic N) is 2. The first-order chi connectivity index (χ1) is 8.06. The Morgan fingerprint density at radius 2 is 2.24 bits per heavy atom. The summed E-state index contributed by atoms with van der Waals surface area (Å²) in [6.45, 7) is 1.07. The molecule has 1 fully saturated rings. The maximum absolute atomic E-state index is 13.2. The highest BCUT2D eigenvalue weighted by atomic mass is 19.1. The summed E-state index contributed by atoms with van der Waals surface area (Å²) < 4.78 is 13.2. The zero-order valence-electron chi connectivity index (χ0n) is 9.17. The monoisotopic (exact) mass is 240 g/mol. The summed E-state index contributed by atoms with van der Waals surface area (Å²) in [6, 6.07) is 3.48. The lowest BCUT2D eigenvalue weighted by molar-refractivity contribution is -0.385. The summed E-state index contributed by atoms with van der Waals surface area (Å²) in [5.41, 5.74) is 0.190. The third kappa shape index (κ3) is 2.71. The Labute approximate surface area is 97.6 Å². The fourth-order valence-corrected chi connectivity index (χ4v) is 2.04. The van der Waals surface area contributed by atoms with E-state index in [1.165, 1.54) is 12.1 Å². The highest BCUT2D eigenvalue weighted by Gasteiger charge is 2.20. The van der Waals surface area contributed by atoms with Gasteiger partial charge in [-0.25, -0.2) is 4.39 Å². The number of hydrogen-bond acceptors (Lipinski definition) is 4. The number of β-amino-alcohol motifs (C(OH)–C–C–N with tert-alkyl or cyclic N) is 1. The molecule has 1 saturated heterocycles. The minimum Gasteiger partial charge on any atom is -0.391 e. The van der Waals surface area contributed by atoms with E-state index in [9.17, 15) is 19.6 Å². The van der Waals surface area contributed by atoms with Gasteiger partial charge in [0.15, 0.2) is 0 Å². The molecule has 1 N–H and O–H groups in total. The maximum atomic E-state index is 13.2. The molecule has 5 nitrogen and oxygen atoms in total. The van der Waals surface area contributed by atoms with Gasteiger partial charge in [0, 0.05) is 24.8 Å². The molecule has 1 atom stereocenters. The number of nitro benzene ring substituents is 1. The molecule has 1 aliphatic heterocycles. The Hall–Kier alpha value is -1.69. The van der Waals surface area contributed by atoms with E-state index >= 15 is 0 Å². The number of nitro groups is 1. The van der Waals surface area contributed by atoms with Crippen LogP contribution in [0.1, 0.15) is 12.8 Å². The van der Waals surface area contributed by atoms with E-state index in [1.54, 1.807) is 4.90 Å². The Balaban J connectivity index is 2.28. The van der Waals surface area contributed by atoms with Crippen molar-refractivity contribution in [2.45, 2.75) is 18.9 Å². The third-order valence-electron chi connectivity index (χ3n) is 2.84. The van der Waals surface area contributed by atoms with Crippen LogP contribution in [0.3, 0.4) is 0 Å². The topological polar surface area (TPSA) is 66.6 Å². The number of aliphatic hydroxyl groups excluding tert-OH is 1. The van der Waals surface area contributed by atoms with Crippen molar-refractivity contribution in [2.24, 2.45) is 0 Å². The van der Waals surface area contributed by atoms with Gasteiger partial charge in [0.1, 0.15) is 5.82 Å². The molecule has 1 aromatic rings. The molecule has 92 valence electrons. The Morgan fingerprint density at radius 3 is 2.88 bits per heavy atom. The number of anilines is 1. The zero-order chi connectivity index (χ0) is 12.4. The van der Waals surface area contributed by atoms with Gasteiger partial charge in [0.2, 0.25) is 0 Å². The van der Waals surface area contributed by atoms with Crippen LogP contribution < -0.4 is 4.90 Å². The van der Waals surface area contributed by atoms with E-state index in [4.69, 9.17) is 0 Å². The largest absolute Gasteiger partial charge is 0.391 e. The van der Waals surface area contributed by atoms with Gasteiger partial charge in [-0.2, -0.15) is 0 Å². The second-order valence-corrected chi connectivity index (χ2v) is 4.17. The Bertz CT molecular complexity index is 439. The average Bonchev–Trinajstić information content (AvgIpc) is 2.28. The van der Waals surface area contributed by atoms with E-state index in [0.29, 0.717) is 25.2 Å². The molecule has 0 spiro atoms. The number of non-ortho nitro benzene ring substituents is 1. The van der Waals surface area contributed by atoms with Crippen molar-refractivity contribution in [3.8, 4) is 0 Å². The number of halogens is 1. The van der Waals surface area contributed by atoms with Crippen molar-refractivity contribution < 1.29 is 14.4 Å². The predicted octanol–water partition coefficient (Wildman–Crippen LogP) is 1.69. The van der Waals surface area contributed by atoms with Crippen molar-refractivity contribution >= 4 is 11.4 Å². The molecule has 0 aliphatic carbocycles. The van der Waals surface area contributed by atoms with Gasteiger partial charge >= 0.3 is 0 Å². The molecule has 1 aromatic carbocycles. The number of rotatable bonds is 2. The lowest BCUT2D eigenvalue weighted by atomic mass is 10.1. The molecule has 2 rings (SSSR count). The van der Waals surface area contributed by atoms with Crippen molar-refractivity contribution in [3.63, 3.8) is 0 Å². The molecule has 1 aliphatic rings. The first-order valence-corrected chi connectivity index (χ1v) is 5.44. The molecular weight excluding hydrogens is 227 g/mol. The van der Waals surface area contributed by atoms with Crippen molar-refractivity contribution in [3.05, 3.63) is 34.1 Å². The van der Waals surface area contributed by atoms with Gasteiger partial charge in [-0.1, -0.05) is 0 Å². The Morgan fingerprint density at radius 1 is 1.47 bits per heavy atom. The molecule has 0 aromatic heterocycles. The summed E-state index contributed by atoms with van der Waals surface area (Å²) in [6.07, 6.45) is 1.06. The molecule has 0 saturated carbocycles. The molecule has 0 bridgehead atoms. The van der Waals surface area contributed by atoms with Crippen LogP contribution in [0.5, 0.6) is 0 Å². The molecule has 0 radical (unpaired) electrons. The van der Waals surface area contributed by atoms with Crippen molar-refractivity contribution in [1.29, 1.82) is 0 Å². The van der Waals surface area contributed by atoms with E-state index in [-0.39, 0.29) is 5.69 Å². The van der Waals surface area contributed by atoms with E-state index in [2.05, 4.69) is 0 Å². The molecule has 0 amide bonds. The van der Waals surface area contributed by atoms with E-state index < -0.39 is 16.8 Å². The van der Waals surface area contributed by atoms with Crippen LogP contribution >= 0.6 is 0 Å². The first-order valence-electron chi connectivity index (χ1n) is 5.44. The van der Waals surface area contributed by atoms with Crippen molar-refractivity contribution in [1.82, 2.24) is 0 Å². The molecule has 1 heterocycles. The third-order valence-corrected chi connectivity index (χ3v) is 2.84. The fourth-order valence-electron chi connectivity index (χ4n) is 2.04. The fraction of sp³-hybridized carbons (Fsp3) is 0.455. The summed E-state index contributed by atoms with van der Waals surface area (Å²) >= 11 is 0. The lowest BCUT2D eigenvalue weighted by Crippen LogP contribution is -2.38. The molecule has 17 heavy (non-hydrogen) atoms. The number of piperidine rings is 1. The summed E-state index contributed by atoms with van der Waals surface area (Å²) in [4.78, 5) is 11.8. The van der Waals surface area contributed by atoms with Crippen LogP contribution in [-0.4, -0.2) is 29.2 Å². The van der Waals surface area contributed by atoms with Gasteiger partial charge in [0.05, 0.1) is 17.1 Å². The zero-order valence-corrected chi connectivity index (χ0v) is 9.17. The lowest BCUT2D eigenvalue weighted by Gasteiger charge is -2.31. The summed E-state index contributed by atoms with van der Waals surface area (Å²) in [5.74, 6) is -0.630. The van der Waals surface area contributed by atoms with Crippen molar-refractivity contribution in [2.75, 3.05) is 18.0 Å².